The van der Waals surface area contributed by atoms with Gasteiger partial charge in [-0.2, -0.15) is 0 Å². The Bertz CT molecular complexity index is 939. The summed E-state index contributed by atoms with van der Waals surface area (Å²) in [6.07, 6.45) is 3.30. The van der Waals surface area contributed by atoms with Crippen molar-refractivity contribution in [2.24, 2.45) is 0 Å². The van der Waals surface area contributed by atoms with Gasteiger partial charge in [0.15, 0.2) is 5.69 Å². The molecule has 3 aromatic rings. The first kappa shape index (κ1) is 17.5. The maximum Gasteiger partial charge on any atom is 0.354 e. The van der Waals surface area contributed by atoms with E-state index in [1.807, 2.05) is 13.0 Å². The lowest BCUT2D eigenvalue weighted by Crippen LogP contribution is -2.16. The number of aromatic carboxylic acids is 1. The summed E-state index contributed by atoms with van der Waals surface area (Å²) in [7, 11) is 0. The van der Waals surface area contributed by atoms with Gasteiger partial charge in [0.1, 0.15) is 5.82 Å². The molecule has 0 spiro atoms. The molecule has 0 bridgehead atoms. The van der Waals surface area contributed by atoms with Crippen LogP contribution in [0.15, 0.2) is 42.7 Å². The monoisotopic (exact) mass is 375 g/mol. The van der Waals surface area contributed by atoms with E-state index in [1.165, 1.54) is 0 Å². The van der Waals surface area contributed by atoms with Gasteiger partial charge in [-0.3, -0.25) is 4.98 Å². The van der Waals surface area contributed by atoms with Gasteiger partial charge in [0.25, 0.3) is 0 Å². The second-order valence-electron chi connectivity index (χ2n) is 5.63. The molecule has 25 heavy (non-hydrogen) atoms. The summed E-state index contributed by atoms with van der Waals surface area (Å²) in [5, 5.41) is 10.7. The maximum absolute atomic E-state index is 11.8. The van der Waals surface area contributed by atoms with E-state index in [0.29, 0.717) is 21.6 Å². The Labute approximate surface area is 154 Å². The lowest BCUT2D eigenvalue weighted by Gasteiger charge is -2.20. The number of aryl methyl sites for hydroxylation is 1. The molecule has 128 valence electrons. The molecule has 1 aromatic carbocycles. The van der Waals surface area contributed by atoms with Gasteiger partial charge in [0.05, 0.1) is 11.7 Å². The predicted octanol–water partition coefficient (Wildman–Crippen LogP) is 4.87. The van der Waals surface area contributed by atoms with Crippen LogP contribution in [-0.4, -0.2) is 25.6 Å². The van der Waals surface area contributed by atoms with Gasteiger partial charge in [-0.15, -0.1) is 0 Å². The Morgan fingerprint density at radius 2 is 2.04 bits per heavy atom. The van der Waals surface area contributed by atoms with Crippen molar-refractivity contribution in [2.75, 3.05) is 0 Å². The van der Waals surface area contributed by atoms with E-state index in [1.54, 1.807) is 48.1 Å². The molecule has 0 amide bonds. The number of carbonyl (C=O) groups is 1. The minimum absolute atomic E-state index is 0.113. The van der Waals surface area contributed by atoms with Crippen molar-refractivity contribution in [1.82, 2.24) is 14.5 Å². The van der Waals surface area contributed by atoms with Gasteiger partial charge < -0.3 is 9.67 Å². The third-order valence-corrected chi connectivity index (χ3v) is 4.58. The Balaban J connectivity index is 2.26. The predicted molar refractivity (Wildman–Crippen MR) is 97.4 cm³/mol. The molecule has 1 unspecified atom stereocenters. The highest BCUT2D eigenvalue weighted by molar-refractivity contribution is 6.33. The van der Waals surface area contributed by atoms with Crippen molar-refractivity contribution in [3.63, 3.8) is 0 Å². The number of pyridine rings is 1. The molecular weight excluding hydrogens is 361 g/mol. The Morgan fingerprint density at radius 1 is 1.28 bits per heavy atom. The molecule has 0 aliphatic heterocycles. The zero-order valence-corrected chi connectivity index (χ0v) is 15.1. The van der Waals surface area contributed by atoms with Crippen molar-refractivity contribution < 1.29 is 9.90 Å². The first-order valence-corrected chi connectivity index (χ1v) is 8.33. The molecule has 0 aliphatic carbocycles. The van der Waals surface area contributed by atoms with Crippen molar-refractivity contribution in [3.05, 3.63) is 69.7 Å². The molecular formula is C18H15Cl2N3O2. The number of hydrogen-bond donors (Lipinski definition) is 1. The third kappa shape index (κ3) is 3.25. The molecule has 0 saturated carbocycles. The topological polar surface area (TPSA) is 68.0 Å². The van der Waals surface area contributed by atoms with Gasteiger partial charge in [-0.05, 0) is 49.7 Å². The number of nitrogens with zero attached hydrogens (tertiary/aromatic N) is 3. The smallest absolute Gasteiger partial charge is 0.354 e. The lowest BCUT2D eigenvalue weighted by atomic mass is 10.1. The van der Waals surface area contributed by atoms with Crippen molar-refractivity contribution in [2.45, 2.75) is 19.9 Å². The molecule has 2 heterocycles. The average molecular weight is 376 g/mol. The summed E-state index contributed by atoms with van der Waals surface area (Å²) in [6, 6.07) is 8.37. The summed E-state index contributed by atoms with van der Waals surface area (Å²) in [5.74, 6) is -0.531. The number of carboxylic acids is 1. The molecule has 1 N–H and O–H groups in total. The minimum atomic E-state index is -1.05. The molecule has 1 atom stereocenters. The fraction of sp³-hybridized carbons (Fsp3) is 0.167. The second-order valence-corrected chi connectivity index (χ2v) is 6.47. The minimum Gasteiger partial charge on any atom is -0.477 e. The molecule has 0 radical (unpaired) electrons. The first-order chi connectivity index (χ1) is 11.9. The molecule has 3 rings (SSSR count). The van der Waals surface area contributed by atoms with Crippen LogP contribution in [0.2, 0.25) is 10.0 Å². The SMILES string of the molecule is Cc1nc(-c2cccnc2)n(C(C)c2cc(Cl)ccc2Cl)c1C(=O)O. The zero-order chi connectivity index (χ0) is 18.1. The zero-order valence-electron chi connectivity index (χ0n) is 13.6. The van der Waals surface area contributed by atoms with Crippen LogP contribution < -0.4 is 0 Å². The number of benzene rings is 1. The summed E-state index contributed by atoms with van der Waals surface area (Å²) in [5.41, 5.74) is 1.99. The van der Waals surface area contributed by atoms with E-state index < -0.39 is 5.97 Å². The molecule has 0 fully saturated rings. The Kier molecular flexibility index (Phi) is 4.79. The summed E-state index contributed by atoms with van der Waals surface area (Å²) >= 11 is 12.4. The molecule has 0 saturated heterocycles. The van der Waals surface area contributed by atoms with E-state index in [9.17, 15) is 9.90 Å². The first-order valence-electron chi connectivity index (χ1n) is 7.57. The van der Waals surface area contributed by atoms with Crippen LogP contribution in [0.4, 0.5) is 0 Å². The standard InChI is InChI=1S/C18H15Cl2N3O2/c1-10-16(18(24)25)23(17(22-10)12-4-3-7-21-9-12)11(2)14-8-13(19)5-6-15(14)20/h3-9,11H,1-2H3,(H,24,25). The number of aromatic nitrogens is 3. The molecule has 2 aromatic heterocycles. The average Bonchev–Trinajstić information content (AvgIpc) is 2.94. The maximum atomic E-state index is 11.8. The van der Waals surface area contributed by atoms with Crippen LogP contribution in [-0.2, 0) is 0 Å². The van der Waals surface area contributed by atoms with Gasteiger partial charge in [0.2, 0.25) is 0 Å². The second kappa shape index (κ2) is 6.86. The highest BCUT2D eigenvalue weighted by atomic mass is 35.5. The van der Waals surface area contributed by atoms with Crippen LogP contribution in [0.1, 0.15) is 34.7 Å². The Morgan fingerprint density at radius 3 is 2.68 bits per heavy atom. The van der Waals surface area contributed by atoms with Crippen LogP contribution in [0.3, 0.4) is 0 Å². The van der Waals surface area contributed by atoms with Crippen molar-refractivity contribution in [3.8, 4) is 11.4 Å². The normalized spacial score (nSPS) is 12.2. The fourth-order valence-electron chi connectivity index (χ4n) is 2.85. The number of hydrogen-bond acceptors (Lipinski definition) is 3. The van der Waals surface area contributed by atoms with Crippen LogP contribution in [0.5, 0.6) is 0 Å². The summed E-state index contributed by atoms with van der Waals surface area (Å²) in [6.45, 7) is 3.54. The molecule has 0 aliphatic rings. The largest absolute Gasteiger partial charge is 0.477 e. The Hall–Kier alpha value is -2.37. The van der Waals surface area contributed by atoms with E-state index in [0.717, 1.165) is 11.1 Å². The highest BCUT2D eigenvalue weighted by Crippen LogP contribution is 2.34. The van der Waals surface area contributed by atoms with Gasteiger partial charge in [-0.1, -0.05) is 23.2 Å². The van der Waals surface area contributed by atoms with Gasteiger partial charge in [0, 0.05) is 28.0 Å². The number of halogens is 2. The van der Waals surface area contributed by atoms with E-state index in [-0.39, 0.29) is 11.7 Å². The summed E-state index contributed by atoms with van der Waals surface area (Å²) < 4.78 is 1.66. The quantitative estimate of drug-likeness (QED) is 0.706. The highest BCUT2D eigenvalue weighted by Gasteiger charge is 2.26. The number of imidazole rings is 1. The van der Waals surface area contributed by atoms with Crippen LogP contribution in [0, 0.1) is 6.92 Å². The lowest BCUT2D eigenvalue weighted by molar-refractivity contribution is 0.0683. The molecule has 7 heteroatoms. The van der Waals surface area contributed by atoms with E-state index in [4.69, 9.17) is 23.2 Å². The van der Waals surface area contributed by atoms with E-state index >= 15 is 0 Å². The van der Waals surface area contributed by atoms with E-state index in [2.05, 4.69) is 9.97 Å². The third-order valence-electron chi connectivity index (χ3n) is 4.00. The van der Waals surface area contributed by atoms with Crippen molar-refractivity contribution in [1.29, 1.82) is 0 Å². The van der Waals surface area contributed by atoms with Crippen LogP contribution in [0.25, 0.3) is 11.4 Å². The summed E-state index contributed by atoms with van der Waals surface area (Å²) in [4.78, 5) is 20.4. The number of carboxylic acid groups (broad SMARTS) is 1. The number of rotatable bonds is 4. The van der Waals surface area contributed by atoms with Crippen LogP contribution >= 0.6 is 23.2 Å². The molecule has 5 nitrogen and oxygen atoms in total. The fourth-order valence-corrected chi connectivity index (χ4v) is 3.31. The van der Waals surface area contributed by atoms with Crippen molar-refractivity contribution >= 4 is 29.2 Å². The van der Waals surface area contributed by atoms with Gasteiger partial charge >= 0.3 is 5.97 Å². The van der Waals surface area contributed by atoms with Gasteiger partial charge in [-0.25, -0.2) is 9.78 Å².